The zero-order valence-electron chi connectivity index (χ0n) is 20.1. The Bertz CT molecular complexity index is 977. The second-order valence-corrected chi connectivity index (χ2v) is 8.13. The van der Waals surface area contributed by atoms with Gasteiger partial charge in [0, 0.05) is 18.9 Å². The number of ether oxygens (including phenoxy) is 3. The molecule has 0 saturated carbocycles. The quantitative estimate of drug-likeness (QED) is 0.427. The maximum atomic E-state index is 11.0. The van der Waals surface area contributed by atoms with Crippen LogP contribution in [0.4, 0.5) is 0 Å². The van der Waals surface area contributed by atoms with E-state index in [2.05, 4.69) is 42.2 Å². The number of carbonyl (C=O) groups excluding carboxylic acids is 1. The van der Waals surface area contributed by atoms with E-state index in [1.807, 2.05) is 6.07 Å². The summed E-state index contributed by atoms with van der Waals surface area (Å²) in [7, 11) is 1.69. The molecule has 35 heavy (non-hydrogen) atoms. The van der Waals surface area contributed by atoms with Gasteiger partial charge in [-0.3, -0.25) is 4.79 Å². The predicted molar refractivity (Wildman–Crippen MR) is 129 cm³/mol. The molecular formula is C25H34N2O8. The molecule has 0 aromatic heterocycles. The highest BCUT2D eigenvalue weighted by Gasteiger charge is 2.24. The average molecular weight is 491 g/mol. The Morgan fingerprint density at radius 1 is 1.09 bits per heavy atom. The van der Waals surface area contributed by atoms with E-state index in [9.17, 15) is 4.79 Å². The van der Waals surface area contributed by atoms with Crippen molar-refractivity contribution in [3.63, 3.8) is 0 Å². The Morgan fingerprint density at radius 2 is 1.77 bits per heavy atom. The molecule has 1 fully saturated rings. The molecule has 0 unspecified atom stereocenters. The lowest BCUT2D eigenvalue weighted by molar-refractivity contribution is -0.190. The summed E-state index contributed by atoms with van der Waals surface area (Å²) in [4.78, 5) is 31.4. The van der Waals surface area contributed by atoms with Gasteiger partial charge in [0.25, 0.3) is 0 Å². The van der Waals surface area contributed by atoms with E-state index in [1.54, 1.807) is 7.11 Å². The van der Waals surface area contributed by atoms with Crippen molar-refractivity contribution in [2.45, 2.75) is 38.4 Å². The van der Waals surface area contributed by atoms with Crippen LogP contribution in [0, 0.1) is 0 Å². The van der Waals surface area contributed by atoms with Crippen molar-refractivity contribution < 1.29 is 38.8 Å². The first-order valence-electron chi connectivity index (χ1n) is 11.5. The fourth-order valence-electron chi connectivity index (χ4n) is 3.84. The maximum absolute atomic E-state index is 11.0. The molecule has 4 N–H and O–H groups in total. The third-order valence-corrected chi connectivity index (χ3v) is 5.75. The molecule has 0 aliphatic carbocycles. The van der Waals surface area contributed by atoms with Crippen LogP contribution < -0.4 is 10.5 Å². The summed E-state index contributed by atoms with van der Waals surface area (Å²) in [5, 5.41) is 17.2. The highest BCUT2D eigenvalue weighted by molar-refractivity contribution is 6.27. The molecule has 2 aromatic rings. The molecule has 0 spiro atoms. The normalized spacial score (nSPS) is 17.5. The molecule has 1 amide bonds. The molecule has 0 bridgehead atoms. The average Bonchev–Trinajstić information content (AvgIpc) is 2.86. The molecular weight excluding hydrogens is 456 g/mol. The van der Waals surface area contributed by atoms with Gasteiger partial charge in [-0.1, -0.05) is 31.2 Å². The Morgan fingerprint density at radius 3 is 2.34 bits per heavy atom. The summed E-state index contributed by atoms with van der Waals surface area (Å²) in [6.07, 6.45) is 2.07. The smallest absolute Gasteiger partial charge is 0.414 e. The molecule has 0 atom stereocenters. The minimum atomic E-state index is -1.82. The number of methoxy groups -OCH3 is 1. The van der Waals surface area contributed by atoms with Crippen molar-refractivity contribution >= 4 is 28.6 Å². The molecule has 2 aromatic carbocycles. The first kappa shape index (κ1) is 28.0. The van der Waals surface area contributed by atoms with Crippen LogP contribution in [0.5, 0.6) is 5.75 Å². The van der Waals surface area contributed by atoms with Crippen molar-refractivity contribution in [3.8, 4) is 5.75 Å². The van der Waals surface area contributed by atoms with Gasteiger partial charge in [0.05, 0.1) is 20.3 Å². The molecule has 10 heteroatoms. The van der Waals surface area contributed by atoms with Gasteiger partial charge in [-0.2, -0.15) is 0 Å². The van der Waals surface area contributed by atoms with Gasteiger partial charge in [0.1, 0.15) is 5.75 Å². The molecule has 1 saturated heterocycles. The minimum absolute atomic E-state index is 0.156. The Labute approximate surface area is 204 Å². The summed E-state index contributed by atoms with van der Waals surface area (Å²) in [5.74, 6) is -2.81. The van der Waals surface area contributed by atoms with Gasteiger partial charge in [-0.25, -0.2) is 9.59 Å². The van der Waals surface area contributed by atoms with Crippen LogP contribution in [0.1, 0.15) is 37.7 Å². The summed E-state index contributed by atoms with van der Waals surface area (Å²) in [6.45, 7) is 5.96. The Balaban J connectivity index is 0.000000641. The molecule has 3 rings (SSSR count). The van der Waals surface area contributed by atoms with Gasteiger partial charge < -0.3 is 35.1 Å². The summed E-state index contributed by atoms with van der Waals surface area (Å²) >= 11 is 0. The van der Waals surface area contributed by atoms with Crippen LogP contribution in [0.15, 0.2) is 36.4 Å². The van der Waals surface area contributed by atoms with Crippen LogP contribution in [0.2, 0.25) is 0 Å². The number of carbonyl (C=O) groups is 3. The number of benzene rings is 2. The third kappa shape index (κ3) is 9.16. The van der Waals surface area contributed by atoms with Crippen molar-refractivity contribution in [3.05, 3.63) is 42.0 Å². The maximum Gasteiger partial charge on any atom is 0.414 e. The van der Waals surface area contributed by atoms with Crippen LogP contribution in [-0.2, 0) is 23.9 Å². The number of aliphatic carboxylic acids is 2. The van der Waals surface area contributed by atoms with E-state index in [1.165, 1.54) is 16.3 Å². The van der Waals surface area contributed by atoms with E-state index < -0.39 is 11.9 Å². The number of hydrogen-bond acceptors (Lipinski definition) is 7. The lowest BCUT2D eigenvalue weighted by Crippen LogP contribution is -2.33. The number of hydrogen-bond donors (Lipinski definition) is 3. The number of carboxylic acid groups (broad SMARTS) is 2. The molecule has 192 valence electrons. The van der Waals surface area contributed by atoms with Gasteiger partial charge in [-0.15, -0.1) is 0 Å². The van der Waals surface area contributed by atoms with E-state index in [0.717, 1.165) is 31.7 Å². The number of fused-ring (bicyclic) bond motifs is 1. The number of amides is 1. The van der Waals surface area contributed by atoms with Gasteiger partial charge in [-0.05, 0) is 54.4 Å². The van der Waals surface area contributed by atoms with Crippen LogP contribution in [-0.4, -0.2) is 79.2 Å². The minimum Gasteiger partial charge on any atom is -0.497 e. The van der Waals surface area contributed by atoms with Crippen molar-refractivity contribution in [1.82, 2.24) is 4.90 Å². The molecule has 10 nitrogen and oxygen atoms in total. The molecule has 1 aliphatic rings. The fraction of sp³-hybridized carbons (Fsp3) is 0.480. The van der Waals surface area contributed by atoms with E-state index in [4.69, 9.17) is 39.7 Å². The van der Waals surface area contributed by atoms with Crippen LogP contribution in [0.3, 0.4) is 0 Å². The van der Waals surface area contributed by atoms with Crippen LogP contribution in [0.25, 0.3) is 10.8 Å². The highest BCUT2D eigenvalue weighted by atomic mass is 16.7. The van der Waals surface area contributed by atoms with Crippen molar-refractivity contribution in [2.75, 3.05) is 40.0 Å². The highest BCUT2D eigenvalue weighted by Crippen LogP contribution is 2.31. The lowest BCUT2D eigenvalue weighted by atomic mass is 9.94. The van der Waals surface area contributed by atoms with Crippen molar-refractivity contribution in [1.29, 1.82) is 0 Å². The van der Waals surface area contributed by atoms with Gasteiger partial charge in [0.2, 0.25) is 5.91 Å². The predicted octanol–water partition coefficient (Wildman–Crippen LogP) is 2.44. The zero-order valence-corrected chi connectivity index (χ0v) is 20.1. The van der Waals surface area contributed by atoms with Gasteiger partial charge in [0.15, 0.2) is 6.29 Å². The summed E-state index contributed by atoms with van der Waals surface area (Å²) in [6, 6.07) is 12.5. The second-order valence-electron chi connectivity index (χ2n) is 8.13. The Kier molecular flexibility index (Phi) is 11.4. The number of carboxylic acids is 2. The summed E-state index contributed by atoms with van der Waals surface area (Å²) < 4.78 is 17.4. The van der Waals surface area contributed by atoms with E-state index >= 15 is 0 Å². The largest absolute Gasteiger partial charge is 0.497 e. The van der Waals surface area contributed by atoms with E-state index in [0.29, 0.717) is 26.2 Å². The first-order valence-corrected chi connectivity index (χ1v) is 11.5. The van der Waals surface area contributed by atoms with Gasteiger partial charge >= 0.3 is 11.9 Å². The first-order chi connectivity index (χ1) is 16.7. The van der Waals surface area contributed by atoms with E-state index in [-0.39, 0.29) is 18.1 Å². The monoisotopic (exact) mass is 490 g/mol. The zero-order chi connectivity index (χ0) is 25.8. The molecule has 1 aliphatic heterocycles. The van der Waals surface area contributed by atoms with Crippen LogP contribution >= 0.6 is 0 Å². The number of primary amides is 1. The second kappa shape index (κ2) is 14.2. The SMILES string of the molecule is CCN(CCCC1OCC(c2cccc3cc(OC)ccc23)CO1)CCC(N)=O.O=C(O)C(=O)O. The number of nitrogens with two attached hydrogens (primary N) is 1. The molecule has 1 heterocycles. The van der Waals surface area contributed by atoms with Crippen molar-refractivity contribution in [2.24, 2.45) is 5.73 Å². The number of nitrogens with zero attached hydrogens (tertiary/aromatic N) is 1. The lowest BCUT2D eigenvalue weighted by Gasteiger charge is -2.31. The standard InChI is InChI=1S/C23H32N2O4.C2H2O4/c1-3-25(13-11-22(24)26)12-5-8-23-28-15-18(16-29-23)20-7-4-6-17-14-19(27-2)9-10-21(17)20;3-1(4)2(5)6/h4,6-7,9-10,14,18,23H,3,5,8,11-13,15-16H2,1-2H3,(H2,24,26);(H,3,4)(H,5,6). The third-order valence-electron chi connectivity index (χ3n) is 5.75. The topological polar surface area (TPSA) is 149 Å². The summed E-state index contributed by atoms with van der Waals surface area (Å²) in [5.41, 5.74) is 6.50. The fourth-order valence-corrected chi connectivity index (χ4v) is 3.84. The Hall–Kier alpha value is -3.21. The molecule has 0 radical (unpaired) electrons. The number of rotatable bonds is 10.